The molecule has 0 saturated carbocycles. The summed E-state index contributed by atoms with van der Waals surface area (Å²) in [4.78, 5) is 12.6. The van der Waals surface area contributed by atoms with Crippen LogP contribution in [0, 0.1) is 5.82 Å². The van der Waals surface area contributed by atoms with Crippen LogP contribution in [0.15, 0.2) is 35.3 Å². The van der Waals surface area contributed by atoms with Crippen LogP contribution in [-0.2, 0) is 6.54 Å². The molecule has 1 aromatic heterocycles. The van der Waals surface area contributed by atoms with Gasteiger partial charge in [-0.1, -0.05) is 13.3 Å². The highest BCUT2D eigenvalue weighted by molar-refractivity contribution is 5.81. The Balaban J connectivity index is 2.59. The van der Waals surface area contributed by atoms with Crippen LogP contribution < -0.4 is 15.6 Å². The number of halogens is 1. The minimum absolute atomic E-state index is 0.111. The smallest absolute Gasteiger partial charge is 0.274 e. The van der Waals surface area contributed by atoms with Crippen LogP contribution in [0.2, 0.25) is 0 Å². The van der Waals surface area contributed by atoms with E-state index in [-0.39, 0.29) is 11.4 Å². The van der Waals surface area contributed by atoms with Crippen LogP contribution in [0.25, 0.3) is 11.1 Å². The Hall–Kier alpha value is -2.30. The summed E-state index contributed by atoms with van der Waals surface area (Å²) >= 11 is 0. The van der Waals surface area contributed by atoms with Gasteiger partial charge in [0.15, 0.2) is 0 Å². The third kappa shape index (κ3) is 3.13. The molecule has 22 heavy (non-hydrogen) atoms. The lowest BCUT2D eigenvalue weighted by Crippen LogP contribution is -2.23. The third-order valence-electron chi connectivity index (χ3n) is 3.62. The molecule has 2 aromatic rings. The van der Waals surface area contributed by atoms with Gasteiger partial charge in [0.25, 0.3) is 5.56 Å². The highest BCUT2D eigenvalue weighted by atomic mass is 19.1. The summed E-state index contributed by atoms with van der Waals surface area (Å²) in [5, 5.41) is 2.94. The number of methoxy groups -OCH3 is 1. The molecular formula is C17H21FN2O2. The second-order valence-corrected chi connectivity index (χ2v) is 5.05. The van der Waals surface area contributed by atoms with Gasteiger partial charge in [0, 0.05) is 30.9 Å². The van der Waals surface area contributed by atoms with Crippen molar-refractivity contribution >= 4 is 5.69 Å². The molecule has 0 fully saturated rings. The average Bonchev–Trinajstić information content (AvgIpc) is 2.53. The molecule has 5 heteroatoms. The second-order valence-electron chi connectivity index (χ2n) is 5.05. The van der Waals surface area contributed by atoms with Gasteiger partial charge >= 0.3 is 0 Å². The maximum absolute atomic E-state index is 13.6. The molecule has 0 radical (unpaired) electrons. The van der Waals surface area contributed by atoms with E-state index in [1.807, 2.05) is 6.07 Å². The van der Waals surface area contributed by atoms with E-state index in [1.54, 1.807) is 23.9 Å². The standard InChI is InChI=1S/C17H21FN2O2/c1-4-5-9-20-10-8-13(16(19-2)17(20)21)14-11-12(18)6-7-15(14)22-3/h6-8,10-11,19H,4-5,9H2,1-3H3. The monoisotopic (exact) mass is 304 g/mol. The molecule has 0 aliphatic carbocycles. The zero-order valence-corrected chi connectivity index (χ0v) is 13.1. The van der Waals surface area contributed by atoms with Crippen molar-refractivity contribution in [3.63, 3.8) is 0 Å². The Labute approximate surface area is 129 Å². The molecule has 4 nitrogen and oxygen atoms in total. The molecule has 118 valence electrons. The van der Waals surface area contributed by atoms with E-state index in [4.69, 9.17) is 4.74 Å². The van der Waals surface area contributed by atoms with Gasteiger partial charge in [-0.2, -0.15) is 0 Å². The van der Waals surface area contributed by atoms with Crippen LogP contribution in [0.5, 0.6) is 5.75 Å². The number of pyridine rings is 1. The molecule has 2 rings (SSSR count). The predicted octanol–water partition coefficient (Wildman–Crippen LogP) is 3.50. The molecule has 1 aromatic carbocycles. The first-order valence-corrected chi connectivity index (χ1v) is 7.37. The van der Waals surface area contributed by atoms with Crippen molar-refractivity contribution in [2.45, 2.75) is 26.3 Å². The van der Waals surface area contributed by atoms with Gasteiger partial charge < -0.3 is 14.6 Å². The van der Waals surface area contributed by atoms with E-state index >= 15 is 0 Å². The Morgan fingerprint density at radius 3 is 2.68 bits per heavy atom. The molecule has 0 amide bonds. The lowest BCUT2D eigenvalue weighted by molar-refractivity contribution is 0.415. The number of nitrogens with one attached hydrogen (secondary N) is 1. The van der Waals surface area contributed by atoms with Gasteiger partial charge in [-0.15, -0.1) is 0 Å². The van der Waals surface area contributed by atoms with E-state index in [9.17, 15) is 9.18 Å². The topological polar surface area (TPSA) is 43.3 Å². The molecule has 0 aliphatic heterocycles. The maximum atomic E-state index is 13.6. The first kappa shape index (κ1) is 16.1. The summed E-state index contributed by atoms with van der Waals surface area (Å²) in [5.74, 6) is 0.164. The normalized spacial score (nSPS) is 10.5. The number of nitrogens with zero attached hydrogens (tertiary/aromatic N) is 1. The number of rotatable bonds is 6. The van der Waals surface area contributed by atoms with E-state index in [1.165, 1.54) is 19.2 Å². The molecule has 0 atom stereocenters. The van der Waals surface area contributed by atoms with Gasteiger partial charge in [-0.05, 0) is 30.7 Å². The number of ether oxygens (including phenoxy) is 1. The number of anilines is 1. The van der Waals surface area contributed by atoms with Gasteiger partial charge in [0.05, 0.1) is 7.11 Å². The number of aromatic nitrogens is 1. The lowest BCUT2D eigenvalue weighted by Gasteiger charge is -2.15. The van der Waals surface area contributed by atoms with E-state index < -0.39 is 0 Å². The van der Waals surface area contributed by atoms with Crippen molar-refractivity contribution in [2.24, 2.45) is 0 Å². The fourth-order valence-corrected chi connectivity index (χ4v) is 2.44. The summed E-state index contributed by atoms with van der Waals surface area (Å²) < 4.78 is 20.5. The average molecular weight is 304 g/mol. The molecule has 0 unspecified atom stereocenters. The van der Waals surface area contributed by atoms with E-state index in [0.29, 0.717) is 29.1 Å². The number of hydrogen-bond donors (Lipinski definition) is 1. The summed E-state index contributed by atoms with van der Waals surface area (Å²) in [6.45, 7) is 2.75. The van der Waals surface area contributed by atoms with Crippen molar-refractivity contribution < 1.29 is 9.13 Å². The molecule has 0 saturated heterocycles. The zero-order chi connectivity index (χ0) is 16.1. The van der Waals surface area contributed by atoms with Crippen LogP contribution in [0.4, 0.5) is 10.1 Å². The second kappa shape index (κ2) is 7.11. The third-order valence-corrected chi connectivity index (χ3v) is 3.62. The number of unbranched alkanes of at least 4 members (excludes halogenated alkanes) is 1. The first-order chi connectivity index (χ1) is 10.6. The molecular weight excluding hydrogens is 283 g/mol. The maximum Gasteiger partial charge on any atom is 0.274 e. The molecule has 0 spiro atoms. The van der Waals surface area contributed by atoms with E-state index in [2.05, 4.69) is 12.2 Å². The highest BCUT2D eigenvalue weighted by Crippen LogP contribution is 2.33. The Morgan fingerprint density at radius 1 is 1.27 bits per heavy atom. The zero-order valence-electron chi connectivity index (χ0n) is 13.1. The Bertz CT molecular complexity index is 710. The van der Waals surface area contributed by atoms with Crippen LogP contribution >= 0.6 is 0 Å². The van der Waals surface area contributed by atoms with Crippen LogP contribution in [0.1, 0.15) is 19.8 Å². The van der Waals surface area contributed by atoms with Gasteiger partial charge in [-0.25, -0.2) is 4.39 Å². The Kier molecular flexibility index (Phi) is 5.20. The summed E-state index contributed by atoms with van der Waals surface area (Å²) in [5.41, 5.74) is 1.53. The predicted molar refractivity (Wildman–Crippen MR) is 87.1 cm³/mol. The lowest BCUT2D eigenvalue weighted by atomic mass is 10.0. The molecule has 1 N–H and O–H groups in total. The SMILES string of the molecule is CCCCn1ccc(-c2cc(F)ccc2OC)c(NC)c1=O. The fourth-order valence-electron chi connectivity index (χ4n) is 2.44. The molecule has 1 heterocycles. The molecule has 0 aliphatic rings. The quantitative estimate of drug-likeness (QED) is 0.888. The van der Waals surface area contributed by atoms with Crippen molar-refractivity contribution in [3.8, 4) is 16.9 Å². The summed E-state index contributed by atoms with van der Waals surface area (Å²) in [6, 6.07) is 6.10. The van der Waals surface area contributed by atoms with Crippen LogP contribution in [0.3, 0.4) is 0 Å². The van der Waals surface area contributed by atoms with Crippen molar-refractivity contribution in [2.75, 3.05) is 19.5 Å². The summed E-state index contributed by atoms with van der Waals surface area (Å²) in [6.07, 6.45) is 3.70. The highest BCUT2D eigenvalue weighted by Gasteiger charge is 2.15. The Morgan fingerprint density at radius 2 is 2.05 bits per heavy atom. The first-order valence-electron chi connectivity index (χ1n) is 7.37. The van der Waals surface area contributed by atoms with Gasteiger partial charge in [0.1, 0.15) is 17.3 Å². The number of aryl methyl sites for hydroxylation is 1. The van der Waals surface area contributed by atoms with Crippen molar-refractivity contribution in [1.82, 2.24) is 4.57 Å². The van der Waals surface area contributed by atoms with Crippen molar-refractivity contribution in [3.05, 3.63) is 46.6 Å². The largest absolute Gasteiger partial charge is 0.496 e. The fraction of sp³-hybridized carbons (Fsp3) is 0.353. The minimum atomic E-state index is -0.368. The van der Waals surface area contributed by atoms with Crippen molar-refractivity contribution in [1.29, 1.82) is 0 Å². The van der Waals surface area contributed by atoms with Gasteiger partial charge in [-0.3, -0.25) is 4.79 Å². The number of benzene rings is 1. The summed E-state index contributed by atoms with van der Waals surface area (Å²) in [7, 11) is 3.22. The minimum Gasteiger partial charge on any atom is -0.496 e. The van der Waals surface area contributed by atoms with Crippen LogP contribution in [-0.4, -0.2) is 18.7 Å². The van der Waals surface area contributed by atoms with Gasteiger partial charge in [0.2, 0.25) is 0 Å². The van der Waals surface area contributed by atoms with E-state index in [0.717, 1.165) is 12.8 Å². The number of hydrogen-bond acceptors (Lipinski definition) is 3. The molecule has 0 bridgehead atoms.